The molecule has 1 saturated heterocycles. The quantitative estimate of drug-likeness (QED) is 0.838. The summed E-state index contributed by atoms with van der Waals surface area (Å²) in [6.07, 6.45) is 1.26. The molecule has 2 aromatic rings. The highest BCUT2D eigenvalue weighted by Gasteiger charge is 2.22. The molecule has 1 fully saturated rings. The summed E-state index contributed by atoms with van der Waals surface area (Å²) in [5, 5.41) is 0. The van der Waals surface area contributed by atoms with E-state index in [1.54, 1.807) is 12.1 Å². The Labute approximate surface area is 141 Å². The van der Waals surface area contributed by atoms with Gasteiger partial charge in [0.15, 0.2) is 0 Å². The third-order valence-corrected chi connectivity index (χ3v) is 4.35. The number of nitrogens with zero attached hydrogens (tertiary/aromatic N) is 2. The fourth-order valence-corrected chi connectivity index (χ4v) is 2.87. The molecular weight excluding hydrogens is 311 g/mol. The molecule has 0 amide bonds. The van der Waals surface area contributed by atoms with Gasteiger partial charge >= 0.3 is 0 Å². The fraction of sp³-hybridized carbons (Fsp3) is 0.500. The van der Waals surface area contributed by atoms with Crippen molar-refractivity contribution in [2.75, 3.05) is 26.8 Å². The normalized spacial score (nSPS) is 18.8. The summed E-state index contributed by atoms with van der Waals surface area (Å²) in [5.74, 6) is 1.10. The molecule has 130 valence electrons. The van der Waals surface area contributed by atoms with Crippen LogP contribution in [-0.2, 0) is 11.3 Å². The van der Waals surface area contributed by atoms with Crippen molar-refractivity contribution < 1.29 is 18.3 Å². The summed E-state index contributed by atoms with van der Waals surface area (Å²) in [7, 11) is 1.51. The van der Waals surface area contributed by atoms with E-state index in [4.69, 9.17) is 13.9 Å². The standard InChI is InChI=1S/C18H23FN2O3/c1-4-13-10-21(7-8-23-13)11-17-12(2)24-18(20-17)15-6-5-14(22-3)9-16(15)19/h5-6,9,13H,4,7-8,10-11H2,1-3H3/t13-/m1/s1. The van der Waals surface area contributed by atoms with E-state index in [0.29, 0.717) is 23.7 Å². The second-order valence-corrected chi connectivity index (χ2v) is 6.00. The van der Waals surface area contributed by atoms with E-state index >= 15 is 0 Å². The van der Waals surface area contributed by atoms with Crippen LogP contribution in [0.3, 0.4) is 0 Å². The Bertz CT molecular complexity index is 702. The van der Waals surface area contributed by atoms with Crippen molar-refractivity contribution in [3.63, 3.8) is 0 Å². The maximum absolute atomic E-state index is 14.2. The van der Waals surface area contributed by atoms with Crippen molar-refractivity contribution in [2.45, 2.75) is 32.9 Å². The van der Waals surface area contributed by atoms with Gasteiger partial charge in [-0.3, -0.25) is 4.90 Å². The van der Waals surface area contributed by atoms with Gasteiger partial charge < -0.3 is 13.9 Å². The molecule has 1 aliphatic rings. The average molecular weight is 334 g/mol. The predicted octanol–water partition coefficient (Wildman–Crippen LogP) is 3.41. The van der Waals surface area contributed by atoms with Crippen LogP contribution in [0.15, 0.2) is 22.6 Å². The fourth-order valence-electron chi connectivity index (χ4n) is 2.87. The molecule has 24 heavy (non-hydrogen) atoms. The highest BCUT2D eigenvalue weighted by atomic mass is 19.1. The van der Waals surface area contributed by atoms with Crippen molar-refractivity contribution >= 4 is 0 Å². The summed E-state index contributed by atoms with van der Waals surface area (Å²) in [6.45, 7) is 7.16. The molecule has 0 aliphatic carbocycles. The molecular formula is C18H23FN2O3. The summed E-state index contributed by atoms with van der Waals surface area (Å²) in [6, 6.07) is 4.67. The van der Waals surface area contributed by atoms with Gasteiger partial charge in [0, 0.05) is 25.7 Å². The Balaban J connectivity index is 1.78. The van der Waals surface area contributed by atoms with E-state index in [1.165, 1.54) is 13.2 Å². The number of oxazole rings is 1. The van der Waals surface area contributed by atoms with Crippen LogP contribution in [0.5, 0.6) is 5.75 Å². The van der Waals surface area contributed by atoms with Gasteiger partial charge in [-0.25, -0.2) is 9.37 Å². The van der Waals surface area contributed by atoms with Gasteiger partial charge in [0.1, 0.15) is 17.3 Å². The van der Waals surface area contributed by atoms with Crippen molar-refractivity contribution in [3.05, 3.63) is 35.5 Å². The van der Waals surface area contributed by atoms with Crippen LogP contribution >= 0.6 is 0 Å². The van der Waals surface area contributed by atoms with Crippen LogP contribution in [-0.4, -0.2) is 42.8 Å². The van der Waals surface area contributed by atoms with E-state index in [2.05, 4.69) is 16.8 Å². The minimum absolute atomic E-state index is 0.268. The largest absolute Gasteiger partial charge is 0.497 e. The van der Waals surface area contributed by atoms with Crippen LogP contribution in [0, 0.1) is 12.7 Å². The lowest BCUT2D eigenvalue weighted by atomic mass is 10.2. The minimum Gasteiger partial charge on any atom is -0.497 e. The molecule has 5 nitrogen and oxygen atoms in total. The lowest BCUT2D eigenvalue weighted by Gasteiger charge is -2.31. The van der Waals surface area contributed by atoms with Crippen LogP contribution in [0.1, 0.15) is 24.8 Å². The highest BCUT2D eigenvalue weighted by Crippen LogP contribution is 2.28. The molecule has 0 bridgehead atoms. The van der Waals surface area contributed by atoms with Crippen LogP contribution < -0.4 is 4.74 Å². The number of methoxy groups -OCH3 is 1. The van der Waals surface area contributed by atoms with Crippen LogP contribution in [0.25, 0.3) is 11.5 Å². The van der Waals surface area contributed by atoms with E-state index < -0.39 is 5.82 Å². The SMILES string of the molecule is CC[C@@H]1CN(Cc2nc(-c3ccc(OC)cc3F)oc2C)CCO1. The number of aromatic nitrogens is 1. The van der Waals surface area contributed by atoms with Crippen molar-refractivity contribution in [3.8, 4) is 17.2 Å². The Morgan fingerprint density at radius 3 is 2.96 bits per heavy atom. The lowest BCUT2D eigenvalue weighted by molar-refractivity contribution is -0.0328. The molecule has 0 N–H and O–H groups in total. The van der Waals surface area contributed by atoms with Gasteiger partial charge in [-0.1, -0.05) is 6.92 Å². The molecule has 2 heterocycles. The topological polar surface area (TPSA) is 47.7 Å². The number of benzene rings is 1. The molecule has 0 spiro atoms. The van der Waals surface area contributed by atoms with Gasteiger partial charge in [-0.2, -0.15) is 0 Å². The van der Waals surface area contributed by atoms with Gasteiger partial charge in [0.25, 0.3) is 0 Å². The van der Waals surface area contributed by atoms with Gasteiger partial charge in [0.2, 0.25) is 5.89 Å². The minimum atomic E-state index is -0.403. The van der Waals surface area contributed by atoms with Crippen molar-refractivity contribution in [2.24, 2.45) is 0 Å². The van der Waals surface area contributed by atoms with Gasteiger partial charge in [-0.05, 0) is 25.5 Å². The number of hydrogen-bond acceptors (Lipinski definition) is 5. The molecule has 1 aliphatic heterocycles. The third kappa shape index (κ3) is 3.60. The Morgan fingerprint density at radius 1 is 1.42 bits per heavy atom. The summed E-state index contributed by atoms with van der Waals surface area (Å²) in [5.41, 5.74) is 1.19. The summed E-state index contributed by atoms with van der Waals surface area (Å²) < 4.78 is 30.6. The second kappa shape index (κ2) is 7.32. The number of ether oxygens (including phenoxy) is 2. The number of halogens is 1. The smallest absolute Gasteiger partial charge is 0.229 e. The molecule has 6 heteroatoms. The second-order valence-electron chi connectivity index (χ2n) is 6.00. The maximum Gasteiger partial charge on any atom is 0.229 e. The van der Waals surface area contributed by atoms with E-state index in [9.17, 15) is 4.39 Å². The maximum atomic E-state index is 14.2. The van der Waals surface area contributed by atoms with Crippen LogP contribution in [0.4, 0.5) is 4.39 Å². The predicted molar refractivity (Wildman–Crippen MR) is 88.5 cm³/mol. The molecule has 0 saturated carbocycles. The zero-order valence-corrected chi connectivity index (χ0v) is 14.3. The number of aryl methyl sites for hydroxylation is 1. The van der Waals surface area contributed by atoms with Gasteiger partial charge in [0.05, 0.1) is 31.1 Å². The molecule has 1 atom stereocenters. The molecule has 3 rings (SSSR count). The summed E-state index contributed by atoms with van der Waals surface area (Å²) >= 11 is 0. The number of morpholine rings is 1. The Morgan fingerprint density at radius 2 is 2.25 bits per heavy atom. The first-order valence-electron chi connectivity index (χ1n) is 8.25. The molecule has 0 unspecified atom stereocenters. The first-order chi connectivity index (χ1) is 11.6. The zero-order valence-electron chi connectivity index (χ0n) is 14.3. The first-order valence-corrected chi connectivity index (χ1v) is 8.25. The van der Waals surface area contributed by atoms with Crippen molar-refractivity contribution in [1.82, 2.24) is 9.88 Å². The zero-order chi connectivity index (χ0) is 17.1. The van der Waals surface area contributed by atoms with E-state index in [0.717, 1.165) is 37.6 Å². The van der Waals surface area contributed by atoms with Crippen molar-refractivity contribution in [1.29, 1.82) is 0 Å². The van der Waals surface area contributed by atoms with E-state index in [1.807, 2.05) is 6.92 Å². The van der Waals surface area contributed by atoms with Gasteiger partial charge in [-0.15, -0.1) is 0 Å². The lowest BCUT2D eigenvalue weighted by Crippen LogP contribution is -2.41. The molecule has 0 radical (unpaired) electrons. The molecule has 1 aromatic carbocycles. The Hall–Kier alpha value is -1.92. The first kappa shape index (κ1) is 16.9. The van der Waals surface area contributed by atoms with Crippen LogP contribution in [0.2, 0.25) is 0 Å². The number of rotatable bonds is 5. The van der Waals surface area contributed by atoms with E-state index in [-0.39, 0.29) is 6.10 Å². The number of hydrogen-bond donors (Lipinski definition) is 0. The molecule has 1 aromatic heterocycles. The third-order valence-electron chi connectivity index (χ3n) is 4.35. The monoisotopic (exact) mass is 334 g/mol. The average Bonchev–Trinajstić information content (AvgIpc) is 2.95. The Kier molecular flexibility index (Phi) is 5.16. The highest BCUT2D eigenvalue weighted by molar-refractivity contribution is 5.56. The summed E-state index contributed by atoms with van der Waals surface area (Å²) in [4.78, 5) is 6.81.